The maximum absolute atomic E-state index is 12.6. The summed E-state index contributed by atoms with van der Waals surface area (Å²) in [7, 11) is 0. The average molecular weight is 483 g/mol. The Morgan fingerprint density at radius 3 is 2.22 bits per heavy atom. The Hall–Kier alpha value is -4.72. The predicted octanol–water partition coefficient (Wildman–Crippen LogP) is 4.15. The van der Waals surface area contributed by atoms with Gasteiger partial charge in [-0.15, -0.1) is 0 Å². The van der Waals surface area contributed by atoms with E-state index in [0.717, 1.165) is 16.8 Å². The van der Waals surface area contributed by atoms with Gasteiger partial charge in [0.05, 0.1) is 11.4 Å². The van der Waals surface area contributed by atoms with Crippen LogP contribution in [0.1, 0.15) is 22.8 Å². The number of nitrogens with one attached hydrogen (secondary N) is 2. The van der Waals surface area contributed by atoms with Crippen LogP contribution in [0.15, 0.2) is 91.0 Å². The molecule has 0 radical (unpaired) electrons. The van der Waals surface area contributed by atoms with Crippen LogP contribution in [-0.2, 0) is 14.3 Å². The summed E-state index contributed by atoms with van der Waals surface area (Å²) in [5, 5.41) is 10.00. The van der Waals surface area contributed by atoms with E-state index in [1.54, 1.807) is 41.1 Å². The molecule has 0 bridgehead atoms. The van der Waals surface area contributed by atoms with E-state index >= 15 is 0 Å². The molecule has 8 nitrogen and oxygen atoms in total. The van der Waals surface area contributed by atoms with Crippen LogP contribution in [0.4, 0.5) is 5.82 Å². The number of benzene rings is 3. The second kappa shape index (κ2) is 11.1. The number of carbonyl (C=O) groups is 3. The lowest BCUT2D eigenvalue weighted by atomic mass is 10.1. The van der Waals surface area contributed by atoms with Crippen molar-refractivity contribution < 1.29 is 19.1 Å². The molecule has 2 N–H and O–H groups in total. The Bertz CT molecular complexity index is 1350. The normalized spacial score (nSPS) is 11.4. The van der Waals surface area contributed by atoms with E-state index in [-0.39, 0.29) is 0 Å². The predicted molar refractivity (Wildman–Crippen MR) is 137 cm³/mol. The van der Waals surface area contributed by atoms with E-state index in [9.17, 15) is 14.4 Å². The summed E-state index contributed by atoms with van der Waals surface area (Å²) < 4.78 is 6.75. The van der Waals surface area contributed by atoms with Gasteiger partial charge in [0.15, 0.2) is 6.61 Å². The van der Waals surface area contributed by atoms with E-state index in [2.05, 4.69) is 15.7 Å². The van der Waals surface area contributed by atoms with E-state index in [1.165, 1.54) is 6.92 Å². The number of ether oxygens (including phenoxy) is 1. The molecule has 0 fully saturated rings. The van der Waals surface area contributed by atoms with Gasteiger partial charge in [-0.05, 0) is 38.1 Å². The fourth-order valence-electron chi connectivity index (χ4n) is 3.47. The van der Waals surface area contributed by atoms with Gasteiger partial charge in [0.1, 0.15) is 11.9 Å². The molecule has 0 saturated heterocycles. The van der Waals surface area contributed by atoms with Crippen molar-refractivity contribution in [3.63, 3.8) is 0 Å². The number of rotatable bonds is 8. The number of aryl methyl sites for hydroxylation is 1. The van der Waals surface area contributed by atoms with Crippen LogP contribution < -0.4 is 10.6 Å². The topological polar surface area (TPSA) is 102 Å². The molecule has 4 aromatic rings. The monoisotopic (exact) mass is 482 g/mol. The lowest BCUT2D eigenvalue weighted by Gasteiger charge is -2.13. The number of hydrogen-bond acceptors (Lipinski definition) is 5. The highest BCUT2D eigenvalue weighted by atomic mass is 16.5. The highest BCUT2D eigenvalue weighted by Crippen LogP contribution is 2.25. The van der Waals surface area contributed by atoms with Crippen LogP contribution in [0.5, 0.6) is 0 Å². The Kier molecular flexibility index (Phi) is 7.55. The van der Waals surface area contributed by atoms with Crippen molar-refractivity contribution >= 4 is 23.6 Å². The van der Waals surface area contributed by atoms with Crippen molar-refractivity contribution in [1.82, 2.24) is 15.1 Å². The van der Waals surface area contributed by atoms with Gasteiger partial charge >= 0.3 is 5.97 Å². The van der Waals surface area contributed by atoms with E-state index in [4.69, 9.17) is 4.74 Å². The Balaban J connectivity index is 1.42. The van der Waals surface area contributed by atoms with Gasteiger partial charge < -0.3 is 15.4 Å². The number of anilines is 1. The molecule has 3 aromatic carbocycles. The molecule has 0 unspecified atom stereocenters. The van der Waals surface area contributed by atoms with Crippen LogP contribution in [0.2, 0.25) is 0 Å². The lowest BCUT2D eigenvalue weighted by molar-refractivity contribution is -0.148. The van der Waals surface area contributed by atoms with Crippen molar-refractivity contribution in [2.75, 3.05) is 11.9 Å². The molecular formula is C28H26N4O4. The van der Waals surface area contributed by atoms with Crippen molar-refractivity contribution in [2.24, 2.45) is 0 Å². The van der Waals surface area contributed by atoms with Crippen LogP contribution >= 0.6 is 0 Å². The van der Waals surface area contributed by atoms with Crippen molar-refractivity contribution in [3.8, 4) is 16.9 Å². The van der Waals surface area contributed by atoms with Crippen molar-refractivity contribution in [2.45, 2.75) is 19.9 Å². The molecule has 1 aromatic heterocycles. The average Bonchev–Trinajstić information content (AvgIpc) is 3.32. The Morgan fingerprint density at radius 2 is 1.56 bits per heavy atom. The van der Waals surface area contributed by atoms with Gasteiger partial charge in [0.25, 0.3) is 11.8 Å². The maximum Gasteiger partial charge on any atom is 0.328 e. The van der Waals surface area contributed by atoms with Gasteiger partial charge in [-0.1, -0.05) is 66.2 Å². The Morgan fingerprint density at radius 1 is 0.917 bits per heavy atom. The van der Waals surface area contributed by atoms with Gasteiger partial charge in [-0.25, -0.2) is 9.48 Å². The fraction of sp³-hybridized carbons (Fsp3) is 0.143. The smallest absolute Gasteiger partial charge is 0.328 e. The summed E-state index contributed by atoms with van der Waals surface area (Å²) in [6, 6.07) is 26.7. The number of nitrogens with zero attached hydrogens (tertiary/aromatic N) is 2. The zero-order valence-corrected chi connectivity index (χ0v) is 20.0. The van der Waals surface area contributed by atoms with Crippen LogP contribution in [0.3, 0.4) is 0 Å². The van der Waals surface area contributed by atoms with Gasteiger partial charge in [0, 0.05) is 17.2 Å². The summed E-state index contributed by atoms with van der Waals surface area (Å²) in [6.07, 6.45) is 0. The quantitative estimate of drug-likeness (QED) is 0.368. The zero-order valence-electron chi connectivity index (χ0n) is 20.0. The summed E-state index contributed by atoms with van der Waals surface area (Å²) in [6.45, 7) is 3.00. The van der Waals surface area contributed by atoms with E-state index < -0.39 is 30.4 Å². The molecule has 8 heteroatoms. The minimum absolute atomic E-state index is 0.403. The minimum Gasteiger partial charge on any atom is -0.454 e. The molecule has 0 saturated carbocycles. The maximum atomic E-state index is 12.6. The third kappa shape index (κ3) is 6.04. The van der Waals surface area contributed by atoms with E-state index in [1.807, 2.05) is 61.5 Å². The number of esters is 1. The van der Waals surface area contributed by atoms with Crippen LogP contribution in [-0.4, -0.2) is 40.2 Å². The first kappa shape index (κ1) is 24.4. The summed E-state index contributed by atoms with van der Waals surface area (Å²) >= 11 is 0. The van der Waals surface area contributed by atoms with Crippen LogP contribution in [0.25, 0.3) is 16.9 Å². The fourth-order valence-corrected chi connectivity index (χ4v) is 3.47. The first-order chi connectivity index (χ1) is 17.4. The SMILES string of the molecule is Cc1ccc(-c2cc(NC(=O)COC(=O)[C@H](C)NC(=O)c3ccccc3)n(-c3ccccc3)n2)cc1. The first-order valence-corrected chi connectivity index (χ1v) is 11.5. The number of hydrogen-bond donors (Lipinski definition) is 2. The van der Waals surface area contributed by atoms with Gasteiger partial charge in [-0.2, -0.15) is 5.10 Å². The first-order valence-electron chi connectivity index (χ1n) is 11.5. The van der Waals surface area contributed by atoms with Gasteiger partial charge in [-0.3, -0.25) is 9.59 Å². The number of carbonyl (C=O) groups excluding carboxylic acids is 3. The summed E-state index contributed by atoms with van der Waals surface area (Å²) in [5.74, 6) is -1.22. The molecule has 2 amide bonds. The minimum atomic E-state index is -0.923. The number of para-hydroxylation sites is 1. The standard InChI is InChI=1S/C28H26N4O4/c1-19-13-15-21(16-14-19)24-17-25(32(31-24)23-11-7-4-8-12-23)30-26(33)18-36-28(35)20(2)29-27(34)22-9-5-3-6-10-22/h3-17,20H,18H2,1-2H3,(H,29,34)(H,30,33)/t20-/m0/s1. The largest absolute Gasteiger partial charge is 0.454 e. The van der Waals surface area contributed by atoms with Crippen LogP contribution in [0, 0.1) is 6.92 Å². The second-order valence-corrected chi connectivity index (χ2v) is 8.25. The lowest BCUT2D eigenvalue weighted by Crippen LogP contribution is -2.40. The summed E-state index contributed by atoms with van der Waals surface area (Å²) in [5.41, 5.74) is 3.91. The zero-order chi connectivity index (χ0) is 25.5. The van der Waals surface area contributed by atoms with E-state index in [0.29, 0.717) is 17.1 Å². The molecule has 36 heavy (non-hydrogen) atoms. The molecule has 0 aliphatic rings. The van der Waals surface area contributed by atoms with Crippen molar-refractivity contribution in [3.05, 3.63) is 102 Å². The third-order valence-electron chi connectivity index (χ3n) is 5.41. The molecule has 0 aliphatic carbocycles. The molecule has 4 rings (SSSR count). The molecule has 0 aliphatic heterocycles. The summed E-state index contributed by atoms with van der Waals surface area (Å²) in [4.78, 5) is 37.2. The number of amides is 2. The molecular weight excluding hydrogens is 456 g/mol. The van der Waals surface area contributed by atoms with Crippen molar-refractivity contribution in [1.29, 1.82) is 0 Å². The Labute approximate surface area is 208 Å². The van der Waals surface area contributed by atoms with Gasteiger partial charge in [0.2, 0.25) is 0 Å². The second-order valence-electron chi connectivity index (χ2n) is 8.25. The highest BCUT2D eigenvalue weighted by Gasteiger charge is 2.20. The molecule has 1 atom stereocenters. The third-order valence-corrected chi connectivity index (χ3v) is 5.41. The molecule has 182 valence electrons. The number of aromatic nitrogens is 2. The molecule has 1 heterocycles. The highest BCUT2D eigenvalue weighted by molar-refractivity contribution is 5.97. The molecule has 0 spiro atoms.